The van der Waals surface area contributed by atoms with Crippen LogP contribution in [0.1, 0.15) is 34.5 Å². The van der Waals surface area contributed by atoms with Crippen molar-refractivity contribution in [1.82, 2.24) is 0 Å². The first kappa shape index (κ1) is 20.2. The van der Waals surface area contributed by atoms with Crippen LogP contribution in [0.3, 0.4) is 0 Å². The third kappa shape index (κ3) is 3.84. The van der Waals surface area contributed by atoms with Gasteiger partial charge in [0.1, 0.15) is 17.7 Å². The highest BCUT2D eigenvalue weighted by Crippen LogP contribution is 2.40. The maximum Gasteiger partial charge on any atom is 0.160 e. The molecular weight excluding hydrogens is 406 g/mol. The number of aldehydes is 1. The summed E-state index contributed by atoms with van der Waals surface area (Å²) < 4.78 is 28.8. The van der Waals surface area contributed by atoms with E-state index in [1.54, 1.807) is 30.3 Å². The molecule has 7 heteroatoms. The summed E-state index contributed by atoms with van der Waals surface area (Å²) in [5.74, 6) is -1.13. The molecule has 4 nitrogen and oxygen atoms in total. The number of nitrogens with one attached hydrogen (secondary N) is 1. The van der Waals surface area contributed by atoms with Gasteiger partial charge in [0, 0.05) is 17.0 Å². The highest BCUT2D eigenvalue weighted by Gasteiger charge is 2.34. The molecule has 0 bridgehead atoms. The smallest absolute Gasteiger partial charge is 0.160 e. The first-order chi connectivity index (χ1) is 14.4. The van der Waals surface area contributed by atoms with Crippen molar-refractivity contribution in [3.63, 3.8) is 0 Å². The monoisotopic (exact) mass is 424 g/mol. The molecule has 1 heterocycles. The molecule has 4 rings (SSSR count). The predicted octanol–water partition coefficient (Wildman–Crippen LogP) is 5.37. The molecule has 0 saturated heterocycles. The molecule has 1 aromatic heterocycles. The van der Waals surface area contributed by atoms with Crippen molar-refractivity contribution in [2.24, 2.45) is 0 Å². The van der Waals surface area contributed by atoms with Gasteiger partial charge in [-0.05, 0) is 60.7 Å². The molecule has 0 amide bonds. The van der Waals surface area contributed by atoms with Crippen molar-refractivity contribution in [3.8, 4) is 27.6 Å². The second-order valence-electron chi connectivity index (χ2n) is 7.44. The fourth-order valence-corrected chi connectivity index (χ4v) is 4.48. The minimum Gasteiger partial charge on any atom is -0.388 e. The molecule has 3 aromatic rings. The van der Waals surface area contributed by atoms with Gasteiger partial charge in [-0.3, -0.25) is 4.79 Å². The van der Waals surface area contributed by atoms with Gasteiger partial charge in [0.25, 0.3) is 0 Å². The van der Waals surface area contributed by atoms with E-state index < -0.39 is 17.2 Å². The number of rotatable bonds is 6. The van der Waals surface area contributed by atoms with Crippen molar-refractivity contribution >= 4 is 23.3 Å². The average molecular weight is 424 g/mol. The van der Waals surface area contributed by atoms with Crippen LogP contribution in [-0.4, -0.2) is 23.5 Å². The van der Waals surface area contributed by atoms with Gasteiger partial charge in [-0.25, -0.2) is 8.78 Å². The molecule has 1 aliphatic rings. The van der Waals surface area contributed by atoms with Crippen LogP contribution in [0.4, 0.5) is 14.5 Å². The number of nitriles is 1. The zero-order valence-corrected chi connectivity index (χ0v) is 16.7. The van der Waals surface area contributed by atoms with Crippen LogP contribution in [0.25, 0.3) is 21.6 Å². The van der Waals surface area contributed by atoms with Crippen LogP contribution in [0.15, 0.2) is 42.5 Å². The first-order valence-electron chi connectivity index (χ1n) is 9.48. The van der Waals surface area contributed by atoms with E-state index in [1.807, 2.05) is 0 Å². The number of aliphatic hydroxyl groups is 1. The summed E-state index contributed by atoms with van der Waals surface area (Å²) in [5, 5.41) is 22.1. The van der Waals surface area contributed by atoms with Gasteiger partial charge >= 0.3 is 0 Å². The molecule has 1 fully saturated rings. The largest absolute Gasteiger partial charge is 0.388 e. The average Bonchev–Trinajstić information content (AvgIpc) is 3.16. The molecule has 30 heavy (non-hydrogen) atoms. The van der Waals surface area contributed by atoms with Gasteiger partial charge in [-0.1, -0.05) is 12.1 Å². The maximum absolute atomic E-state index is 14.7. The molecule has 0 unspecified atom stereocenters. The minimum absolute atomic E-state index is 0.0688. The number of hydrogen-bond donors (Lipinski definition) is 2. The van der Waals surface area contributed by atoms with E-state index in [9.17, 15) is 18.7 Å². The van der Waals surface area contributed by atoms with Crippen molar-refractivity contribution in [2.75, 3.05) is 11.9 Å². The third-order valence-corrected chi connectivity index (χ3v) is 6.50. The summed E-state index contributed by atoms with van der Waals surface area (Å²) >= 11 is 1.19. The second-order valence-corrected chi connectivity index (χ2v) is 8.53. The van der Waals surface area contributed by atoms with Gasteiger partial charge in [-0.2, -0.15) is 5.26 Å². The standard InChI is InChI=1S/C23H18F2N2O2S/c24-19-8-14(2-3-16(19)11-26)18-10-17(12-28)30-22(18)15-4-5-21(20(25)9-15)27-13-23(29)6-1-7-23/h2-5,8-10,12,27,29H,1,6-7,13H2. The summed E-state index contributed by atoms with van der Waals surface area (Å²) in [6.45, 7) is 0.285. The number of nitrogens with zero attached hydrogens (tertiary/aromatic N) is 1. The molecule has 2 N–H and O–H groups in total. The normalized spacial score (nSPS) is 14.6. The maximum atomic E-state index is 14.7. The zero-order valence-electron chi connectivity index (χ0n) is 15.9. The van der Waals surface area contributed by atoms with Crippen molar-refractivity contribution in [3.05, 3.63) is 64.5 Å². The highest BCUT2D eigenvalue weighted by molar-refractivity contribution is 7.17. The van der Waals surface area contributed by atoms with Crippen LogP contribution in [0.5, 0.6) is 0 Å². The highest BCUT2D eigenvalue weighted by atomic mass is 32.1. The van der Waals surface area contributed by atoms with Crippen molar-refractivity contribution < 1.29 is 18.7 Å². The lowest BCUT2D eigenvalue weighted by atomic mass is 9.80. The Morgan fingerprint density at radius 1 is 1.13 bits per heavy atom. The number of hydrogen-bond acceptors (Lipinski definition) is 5. The van der Waals surface area contributed by atoms with Gasteiger partial charge in [0.05, 0.1) is 21.7 Å². The van der Waals surface area contributed by atoms with Crippen LogP contribution in [0.2, 0.25) is 0 Å². The van der Waals surface area contributed by atoms with E-state index in [-0.39, 0.29) is 17.8 Å². The Labute approximate surface area is 176 Å². The van der Waals surface area contributed by atoms with Gasteiger partial charge < -0.3 is 10.4 Å². The second kappa shape index (κ2) is 7.98. The Kier molecular flexibility index (Phi) is 5.37. The summed E-state index contributed by atoms with van der Waals surface area (Å²) in [6.07, 6.45) is 3.07. The number of carbonyl (C=O) groups is 1. The van der Waals surface area contributed by atoms with E-state index in [1.165, 1.54) is 29.5 Å². The quantitative estimate of drug-likeness (QED) is 0.522. The fourth-order valence-electron chi connectivity index (χ4n) is 3.49. The Hall–Kier alpha value is -3.08. The molecular formula is C23H18F2N2O2S. The Bertz CT molecular complexity index is 1160. The third-order valence-electron chi connectivity index (χ3n) is 5.39. The van der Waals surface area contributed by atoms with Crippen LogP contribution in [-0.2, 0) is 0 Å². The lowest BCUT2D eigenvalue weighted by Crippen LogP contribution is -2.43. The molecule has 2 aromatic carbocycles. The number of halogens is 2. The summed E-state index contributed by atoms with van der Waals surface area (Å²) in [4.78, 5) is 12.4. The predicted molar refractivity (Wildman–Crippen MR) is 113 cm³/mol. The molecule has 0 radical (unpaired) electrons. The lowest BCUT2D eigenvalue weighted by Gasteiger charge is -2.36. The van der Waals surface area contributed by atoms with Gasteiger partial charge in [-0.15, -0.1) is 11.3 Å². The summed E-state index contributed by atoms with van der Waals surface area (Å²) in [5.41, 5.74) is 1.09. The Balaban J connectivity index is 1.67. The SMILES string of the molecule is N#Cc1ccc(-c2cc(C=O)sc2-c2ccc(NCC3(O)CCC3)c(F)c2)cc1F. The van der Waals surface area contributed by atoms with E-state index >= 15 is 0 Å². The number of thiophene rings is 1. The van der Waals surface area contributed by atoms with E-state index in [0.29, 0.717) is 45.6 Å². The Morgan fingerprint density at radius 3 is 2.47 bits per heavy atom. The van der Waals surface area contributed by atoms with Crippen molar-refractivity contribution in [1.29, 1.82) is 5.26 Å². The van der Waals surface area contributed by atoms with E-state index in [4.69, 9.17) is 5.26 Å². The molecule has 152 valence electrons. The van der Waals surface area contributed by atoms with Crippen LogP contribution < -0.4 is 5.32 Å². The first-order valence-corrected chi connectivity index (χ1v) is 10.3. The molecule has 1 aliphatic carbocycles. The van der Waals surface area contributed by atoms with Crippen molar-refractivity contribution in [2.45, 2.75) is 24.9 Å². The van der Waals surface area contributed by atoms with Gasteiger partial charge in [0.2, 0.25) is 0 Å². The number of benzene rings is 2. The minimum atomic E-state index is -0.773. The van der Waals surface area contributed by atoms with E-state index in [0.717, 1.165) is 6.42 Å². The lowest BCUT2D eigenvalue weighted by molar-refractivity contribution is -0.0202. The fraction of sp³-hybridized carbons (Fsp3) is 0.217. The number of anilines is 1. The molecule has 0 spiro atoms. The summed E-state index contributed by atoms with van der Waals surface area (Å²) in [7, 11) is 0. The van der Waals surface area contributed by atoms with Crippen LogP contribution >= 0.6 is 11.3 Å². The zero-order chi connectivity index (χ0) is 21.3. The Morgan fingerprint density at radius 2 is 1.87 bits per heavy atom. The molecule has 1 saturated carbocycles. The molecule has 0 aliphatic heterocycles. The topological polar surface area (TPSA) is 73.1 Å². The summed E-state index contributed by atoms with van der Waals surface area (Å²) in [6, 6.07) is 12.3. The van der Waals surface area contributed by atoms with E-state index in [2.05, 4.69) is 5.32 Å². The van der Waals surface area contributed by atoms with Crippen LogP contribution in [0, 0.1) is 23.0 Å². The number of carbonyl (C=O) groups excluding carboxylic acids is 1. The van der Waals surface area contributed by atoms with Gasteiger partial charge in [0.15, 0.2) is 6.29 Å². The molecule has 0 atom stereocenters.